The van der Waals surface area contributed by atoms with Gasteiger partial charge in [-0.05, 0) is 61.8 Å². The molecule has 1 unspecified atom stereocenters. The molecule has 1 heterocycles. The Hall–Kier alpha value is -1.89. The Morgan fingerprint density at radius 1 is 1.10 bits per heavy atom. The molecule has 1 atom stereocenters. The number of hydrogen-bond donors (Lipinski definition) is 0. The fourth-order valence-corrected chi connectivity index (χ4v) is 3.92. The van der Waals surface area contributed by atoms with E-state index in [1.54, 1.807) is 0 Å². The monoisotopic (exact) mass is 275 g/mol. The van der Waals surface area contributed by atoms with Crippen LogP contribution in [0.15, 0.2) is 42.5 Å². The van der Waals surface area contributed by atoms with Crippen molar-refractivity contribution in [2.75, 3.05) is 0 Å². The van der Waals surface area contributed by atoms with Gasteiger partial charge < -0.3 is 0 Å². The van der Waals surface area contributed by atoms with Crippen molar-refractivity contribution in [1.29, 1.82) is 0 Å². The lowest BCUT2D eigenvalue weighted by Crippen LogP contribution is -2.04. The molecule has 0 N–H and O–H groups in total. The maximum Gasteiger partial charge on any atom is 0.0518 e. The molecule has 0 amide bonds. The van der Waals surface area contributed by atoms with Crippen LogP contribution in [0.4, 0.5) is 0 Å². The van der Waals surface area contributed by atoms with E-state index in [2.05, 4.69) is 49.4 Å². The number of pyridine rings is 1. The van der Waals surface area contributed by atoms with E-state index < -0.39 is 0 Å². The molecule has 0 saturated carbocycles. The SMILES string of the molecule is Cc1cc(-c2ccccc2)c2c(n1)C1CCC=C2CCC1. The van der Waals surface area contributed by atoms with Gasteiger partial charge in [-0.1, -0.05) is 36.4 Å². The highest BCUT2D eigenvalue weighted by Gasteiger charge is 2.27. The standard InChI is InChI=1S/C20H21N/c1-14-13-18(15-7-3-2-4-8-15)19-16-9-5-11-17(12-6-10-16)20(19)21-14/h2-4,7-9,13,17H,5-6,10-12H2,1H3. The van der Waals surface area contributed by atoms with Crippen LogP contribution in [-0.2, 0) is 0 Å². The molecule has 2 aromatic rings. The summed E-state index contributed by atoms with van der Waals surface area (Å²) in [6, 6.07) is 13.1. The van der Waals surface area contributed by atoms with Gasteiger partial charge in [-0.2, -0.15) is 0 Å². The number of hydrogen-bond acceptors (Lipinski definition) is 1. The Kier molecular flexibility index (Phi) is 3.14. The lowest BCUT2D eigenvalue weighted by Gasteiger charge is -2.18. The molecule has 1 nitrogen and oxygen atoms in total. The lowest BCUT2D eigenvalue weighted by atomic mass is 9.90. The Balaban J connectivity index is 2.02. The summed E-state index contributed by atoms with van der Waals surface area (Å²) in [7, 11) is 0. The van der Waals surface area contributed by atoms with Crippen molar-refractivity contribution in [1.82, 2.24) is 4.98 Å². The highest BCUT2D eigenvalue weighted by molar-refractivity contribution is 5.83. The third kappa shape index (κ3) is 2.21. The highest BCUT2D eigenvalue weighted by atomic mass is 14.7. The zero-order chi connectivity index (χ0) is 14.2. The summed E-state index contributed by atoms with van der Waals surface area (Å²) in [6.07, 6.45) is 8.77. The highest BCUT2D eigenvalue weighted by Crippen LogP contribution is 2.45. The zero-order valence-electron chi connectivity index (χ0n) is 12.6. The van der Waals surface area contributed by atoms with E-state index in [1.165, 1.54) is 60.1 Å². The Bertz CT molecular complexity index is 697. The molecule has 106 valence electrons. The predicted octanol–water partition coefficient (Wildman–Crippen LogP) is 5.50. The van der Waals surface area contributed by atoms with Crippen LogP contribution >= 0.6 is 0 Å². The second-order valence-corrected chi connectivity index (χ2v) is 6.33. The Morgan fingerprint density at radius 3 is 2.81 bits per heavy atom. The Morgan fingerprint density at radius 2 is 1.95 bits per heavy atom. The van der Waals surface area contributed by atoms with Crippen molar-refractivity contribution < 1.29 is 0 Å². The Labute approximate surface area is 126 Å². The zero-order valence-corrected chi connectivity index (χ0v) is 12.6. The summed E-state index contributed by atoms with van der Waals surface area (Å²) in [5, 5.41) is 0. The van der Waals surface area contributed by atoms with Crippen LogP contribution in [-0.4, -0.2) is 4.98 Å². The molecule has 0 saturated heterocycles. The second-order valence-electron chi connectivity index (χ2n) is 6.33. The summed E-state index contributed by atoms with van der Waals surface area (Å²) in [5.41, 5.74) is 8.23. The largest absolute Gasteiger partial charge is 0.257 e. The lowest BCUT2D eigenvalue weighted by molar-refractivity contribution is 0.553. The minimum absolute atomic E-state index is 0.651. The minimum atomic E-state index is 0.651. The van der Waals surface area contributed by atoms with Crippen LogP contribution in [0.5, 0.6) is 0 Å². The normalized spacial score (nSPS) is 20.4. The number of benzene rings is 1. The minimum Gasteiger partial charge on any atom is -0.257 e. The van der Waals surface area contributed by atoms with Gasteiger partial charge in [-0.15, -0.1) is 0 Å². The van der Waals surface area contributed by atoms with Gasteiger partial charge in [0.15, 0.2) is 0 Å². The molecule has 1 aromatic carbocycles. The molecule has 0 aliphatic heterocycles. The number of nitrogens with zero attached hydrogens (tertiary/aromatic N) is 1. The molecule has 2 bridgehead atoms. The summed E-state index contributed by atoms with van der Waals surface area (Å²) in [4.78, 5) is 4.96. The first-order chi connectivity index (χ1) is 10.3. The van der Waals surface area contributed by atoms with Crippen molar-refractivity contribution in [2.45, 2.75) is 44.9 Å². The first-order valence-corrected chi connectivity index (χ1v) is 8.09. The van der Waals surface area contributed by atoms with Crippen LogP contribution in [0.3, 0.4) is 0 Å². The second kappa shape index (κ2) is 5.14. The van der Waals surface area contributed by atoms with Crippen LogP contribution in [0.25, 0.3) is 16.7 Å². The maximum atomic E-state index is 4.96. The summed E-state index contributed by atoms with van der Waals surface area (Å²) < 4.78 is 0. The first-order valence-electron chi connectivity index (χ1n) is 8.09. The van der Waals surface area contributed by atoms with Gasteiger partial charge in [0, 0.05) is 17.2 Å². The van der Waals surface area contributed by atoms with Crippen LogP contribution in [0, 0.1) is 6.92 Å². The summed E-state index contributed by atoms with van der Waals surface area (Å²) in [6.45, 7) is 2.13. The molecular formula is C20H21N. The third-order valence-corrected chi connectivity index (χ3v) is 4.87. The fourth-order valence-electron chi connectivity index (χ4n) is 3.92. The molecular weight excluding hydrogens is 254 g/mol. The third-order valence-electron chi connectivity index (χ3n) is 4.87. The van der Waals surface area contributed by atoms with Crippen LogP contribution < -0.4 is 0 Å². The van der Waals surface area contributed by atoms with Crippen molar-refractivity contribution in [3.8, 4) is 11.1 Å². The molecule has 0 spiro atoms. The average molecular weight is 275 g/mol. The van der Waals surface area contributed by atoms with Gasteiger partial charge in [0.2, 0.25) is 0 Å². The molecule has 0 radical (unpaired) electrons. The summed E-state index contributed by atoms with van der Waals surface area (Å²) >= 11 is 0. The van der Waals surface area contributed by atoms with E-state index in [0.717, 1.165) is 5.69 Å². The topological polar surface area (TPSA) is 12.9 Å². The van der Waals surface area contributed by atoms with Gasteiger partial charge in [-0.3, -0.25) is 4.98 Å². The molecule has 4 rings (SSSR count). The smallest absolute Gasteiger partial charge is 0.0518 e. The van der Waals surface area contributed by atoms with E-state index in [0.29, 0.717) is 5.92 Å². The first kappa shape index (κ1) is 12.8. The fraction of sp³-hybridized carbons (Fsp3) is 0.350. The summed E-state index contributed by atoms with van der Waals surface area (Å²) in [5.74, 6) is 0.651. The van der Waals surface area contributed by atoms with Crippen molar-refractivity contribution in [2.24, 2.45) is 0 Å². The number of aromatic nitrogens is 1. The molecule has 1 aromatic heterocycles. The molecule has 21 heavy (non-hydrogen) atoms. The van der Waals surface area contributed by atoms with Gasteiger partial charge in [0.05, 0.1) is 5.69 Å². The van der Waals surface area contributed by atoms with Gasteiger partial charge >= 0.3 is 0 Å². The number of allylic oxidation sites excluding steroid dienone is 2. The maximum absolute atomic E-state index is 4.96. The molecule has 1 heteroatoms. The molecule has 2 aliphatic carbocycles. The quantitative estimate of drug-likeness (QED) is 0.669. The van der Waals surface area contributed by atoms with Crippen molar-refractivity contribution in [3.63, 3.8) is 0 Å². The van der Waals surface area contributed by atoms with Gasteiger partial charge in [0.25, 0.3) is 0 Å². The van der Waals surface area contributed by atoms with E-state index in [9.17, 15) is 0 Å². The van der Waals surface area contributed by atoms with E-state index >= 15 is 0 Å². The van der Waals surface area contributed by atoms with Crippen molar-refractivity contribution in [3.05, 3.63) is 59.4 Å². The van der Waals surface area contributed by atoms with Gasteiger partial charge in [-0.25, -0.2) is 0 Å². The van der Waals surface area contributed by atoms with E-state index in [1.807, 2.05) is 0 Å². The molecule has 0 fully saturated rings. The van der Waals surface area contributed by atoms with E-state index in [4.69, 9.17) is 4.98 Å². The van der Waals surface area contributed by atoms with E-state index in [-0.39, 0.29) is 0 Å². The van der Waals surface area contributed by atoms with Gasteiger partial charge in [0.1, 0.15) is 0 Å². The number of aryl methyl sites for hydroxylation is 1. The van der Waals surface area contributed by atoms with Crippen molar-refractivity contribution >= 4 is 5.57 Å². The number of rotatable bonds is 1. The molecule has 2 aliphatic rings. The predicted molar refractivity (Wildman–Crippen MR) is 88.2 cm³/mol. The van der Waals surface area contributed by atoms with Crippen LogP contribution in [0.1, 0.15) is 55.0 Å². The van der Waals surface area contributed by atoms with Crippen LogP contribution in [0.2, 0.25) is 0 Å². The average Bonchev–Trinajstić information content (AvgIpc) is 2.75.